The monoisotopic (exact) mass is 347 g/mol. The molecule has 0 aromatic heterocycles. The van der Waals surface area contributed by atoms with Crippen molar-refractivity contribution < 1.29 is 9.59 Å². The van der Waals surface area contributed by atoms with E-state index in [4.69, 9.17) is 0 Å². The van der Waals surface area contributed by atoms with E-state index in [0.717, 1.165) is 51.9 Å². The number of fused-ring (bicyclic) bond motifs is 2. The van der Waals surface area contributed by atoms with Gasteiger partial charge in [0.1, 0.15) is 0 Å². The summed E-state index contributed by atoms with van der Waals surface area (Å²) < 4.78 is 0. The molecule has 25 heavy (non-hydrogen) atoms. The molecule has 2 saturated carbocycles. The molecule has 0 aromatic rings. The third kappa shape index (κ3) is 2.70. The highest BCUT2D eigenvalue weighted by Crippen LogP contribution is 2.62. The van der Waals surface area contributed by atoms with E-state index < -0.39 is 0 Å². The van der Waals surface area contributed by atoms with E-state index in [1.165, 1.54) is 12.8 Å². The Bertz CT molecular complexity index is 551. The van der Waals surface area contributed by atoms with Gasteiger partial charge in [-0.15, -0.1) is 0 Å². The largest absolute Gasteiger partial charge is 0.335 e. The lowest BCUT2D eigenvalue weighted by Gasteiger charge is -2.39. The fraction of sp³-hybridized carbons (Fsp3) is 0.900. The summed E-state index contributed by atoms with van der Waals surface area (Å²) in [4.78, 5) is 32.7. The predicted octanol–water partition coefficient (Wildman–Crippen LogP) is 2.11. The smallest absolute Gasteiger partial charge is 0.240 e. The Morgan fingerprint density at radius 1 is 1.04 bits per heavy atom. The van der Waals surface area contributed by atoms with Gasteiger partial charge in [-0.3, -0.25) is 14.5 Å². The zero-order valence-electron chi connectivity index (χ0n) is 16.0. The molecule has 0 N–H and O–H groups in total. The van der Waals surface area contributed by atoms with Gasteiger partial charge in [-0.2, -0.15) is 0 Å². The molecule has 0 spiro atoms. The second kappa shape index (κ2) is 6.26. The van der Waals surface area contributed by atoms with Gasteiger partial charge < -0.3 is 9.80 Å². The Labute approximate surface area is 151 Å². The molecular weight excluding hydrogens is 314 g/mol. The minimum Gasteiger partial charge on any atom is -0.335 e. The fourth-order valence-electron chi connectivity index (χ4n) is 5.48. The van der Waals surface area contributed by atoms with Crippen molar-refractivity contribution in [2.45, 2.75) is 77.4 Å². The lowest BCUT2D eigenvalue weighted by Crippen LogP contribution is -2.56. The molecule has 0 radical (unpaired) electrons. The van der Waals surface area contributed by atoms with Crippen LogP contribution >= 0.6 is 0 Å². The molecular formula is C20H33N3O2. The number of nitrogens with zero attached hydrogens (tertiary/aromatic N) is 3. The number of carbonyl (C=O) groups excluding carboxylic acids is 2. The second-order valence-electron chi connectivity index (χ2n) is 8.57. The van der Waals surface area contributed by atoms with Crippen molar-refractivity contribution in [3.05, 3.63) is 0 Å². The van der Waals surface area contributed by atoms with Gasteiger partial charge in [0.15, 0.2) is 0 Å². The first-order valence-corrected chi connectivity index (χ1v) is 10.4. The van der Waals surface area contributed by atoms with Crippen molar-refractivity contribution in [3.63, 3.8) is 0 Å². The standard InChI is InChI=1S/C20H33N3O2/c1-4-17(21(5-2)6-3)18(24)22-12-16-11-15(22)13-23(16)19(25)20(9-10-20)14-7-8-14/h14-17H,4-13H2,1-3H3/t15-,16-,17?/m0/s1. The van der Waals surface area contributed by atoms with Crippen molar-refractivity contribution in [2.24, 2.45) is 11.3 Å². The SMILES string of the molecule is CCC(C(=O)N1C[C@@H]2C[C@H]1CN2C(=O)C1(C2CC2)CC1)N(CC)CC. The molecule has 0 aromatic carbocycles. The molecule has 140 valence electrons. The third-order valence-corrected chi connectivity index (χ3v) is 7.28. The molecule has 2 amide bonds. The minimum absolute atomic E-state index is 0.000241. The number of likely N-dealkylation sites (N-methyl/N-ethyl adjacent to an activating group) is 1. The molecule has 2 saturated heterocycles. The lowest BCUT2D eigenvalue weighted by molar-refractivity contribution is -0.146. The first-order chi connectivity index (χ1) is 12.1. The summed E-state index contributed by atoms with van der Waals surface area (Å²) >= 11 is 0. The summed E-state index contributed by atoms with van der Waals surface area (Å²) in [5.74, 6) is 1.38. The molecule has 2 aliphatic heterocycles. The Morgan fingerprint density at radius 2 is 1.64 bits per heavy atom. The van der Waals surface area contributed by atoms with Crippen LogP contribution in [-0.4, -0.2) is 70.8 Å². The van der Waals surface area contributed by atoms with Crippen LogP contribution in [0, 0.1) is 11.3 Å². The number of hydrogen-bond donors (Lipinski definition) is 0. The summed E-state index contributed by atoms with van der Waals surface area (Å²) in [6.45, 7) is 9.73. The molecule has 1 unspecified atom stereocenters. The van der Waals surface area contributed by atoms with Gasteiger partial charge in [0.25, 0.3) is 0 Å². The molecule has 4 fully saturated rings. The number of hydrogen-bond acceptors (Lipinski definition) is 3. The van der Waals surface area contributed by atoms with Gasteiger partial charge in [0.2, 0.25) is 11.8 Å². The molecule has 2 bridgehead atoms. The first kappa shape index (κ1) is 17.3. The van der Waals surface area contributed by atoms with Gasteiger partial charge in [0, 0.05) is 13.1 Å². The van der Waals surface area contributed by atoms with Crippen LogP contribution in [0.3, 0.4) is 0 Å². The highest BCUT2D eigenvalue weighted by Gasteiger charge is 2.62. The summed E-state index contributed by atoms with van der Waals surface area (Å²) in [5, 5.41) is 0. The van der Waals surface area contributed by atoms with Crippen LogP contribution < -0.4 is 0 Å². The van der Waals surface area contributed by atoms with Gasteiger partial charge >= 0.3 is 0 Å². The van der Waals surface area contributed by atoms with E-state index in [1.807, 2.05) is 0 Å². The van der Waals surface area contributed by atoms with E-state index in [1.54, 1.807) is 0 Å². The summed E-state index contributed by atoms with van der Waals surface area (Å²) in [7, 11) is 0. The van der Waals surface area contributed by atoms with Crippen molar-refractivity contribution in [1.82, 2.24) is 14.7 Å². The van der Waals surface area contributed by atoms with Crippen LogP contribution in [0.15, 0.2) is 0 Å². The normalized spacial score (nSPS) is 30.9. The van der Waals surface area contributed by atoms with E-state index in [0.29, 0.717) is 11.8 Å². The third-order valence-electron chi connectivity index (χ3n) is 7.28. The summed E-state index contributed by atoms with van der Waals surface area (Å²) in [6.07, 6.45) is 6.56. The van der Waals surface area contributed by atoms with Crippen LogP contribution in [0.4, 0.5) is 0 Å². The Kier molecular flexibility index (Phi) is 4.33. The zero-order valence-corrected chi connectivity index (χ0v) is 16.0. The van der Waals surface area contributed by atoms with Gasteiger partial charge in [-0.25, -0.2) is 0 Å². The second-order valence-corrected chi connectivity index (χ2v) is 8.57. The molecule has 5 nitrogen and oxygen atoms in total. The van der Waals surface area contributed by atoms with Gasteiger partial charge in [0.05, 0.1) is 23.5 Å². The number of likely N-dealkylation sites (tertiary alicyclic amines) is 2. The number of carbonyl (C=O) groups is 2. The maximum Gasteiger partial charge on any atom is 0.240 e. The molecule has 2 heterocycles. The van der Waals surface area contributed by atoms with E-state index in [9.17, 15) is 9.59 Å². The van der Waals surface area contributed by atoms with Crippen LogP contribution in [0.1, 0.15) is 59.3 Å². The Morgan fingerprint density at radius 3 is 2.08 bits per heavy atom. The molecule has 5 heteroatoms. The first-order valence-electron chi connectivity index (χ1n) is 10.4. The fourth-order valence-corrected chi connectivity index (χ4v) is 5.48. The van der Waals surface area contributed by atoms with E-state index in [2.05, 4.69) is 35.5 Å². The van der Waals surface area contributed by atoms with E-state index in [-0.39, 0.29) is 29.4 Å². The highest BCUT2D eigenvalue weighted by atomic mass is 16.2. The number of amides is 2. The van der Waals surface area contributed by atoms with Crippen molar-refractivity contribution in [3.8, 4) is 0 Å². The average Bonchev–Trinajstić information content (AvgIpc) is 3.54. The highest BCUT2D eigenvalue weighted by molar-refractivity contribution is 5.88. The van der Waals surface area contributed by atoms with Gasteiger partial charge in [-0.05, 0) is 57.5 Å². The summed E-state index contributed by atoms with van der Waals surface area (Å²) in [5.41, 5.74) is 0.0203. The van der Waals surface area contributed by atoms with Crippen molar-refractivity contribution in [2.75, 3.05) is 26.2 Å². The van der Waals surface area contributed by atoms with Crippen LogP contribution in [0.5, 0.6) is 0 Å². The number of piperazine rings is 1. The van der Waals surface area contributed by atoms with Crippen LogP contribution in [-0.2, 0) is 9.59 Å². The lowest BCUT2D eigenvalue weighted by atomic mass is 9.98. The summed E-state index contributed by atoms with van der Waals surface area (Å²) in [6, 6.07) is 0.521. The molecule has 3 atom stereocenters. The average molecular weight is 348 g/mol. The quantitative estimate of drug-likeness (QED) is 0.708. The molecule has 4 rings (SSSR count). The van der Waals surface area contributed by atoms with Crippen LogP contribution in [0.25, 0.3) is 0 Å². The predicted molar refractivity (Wildman–Crippen MR) is 97.0 cm³/mol. The number of rotatable bonds is 7. The Balaban J connectivity index is 1.41. The van der Waals surface area contributed by atoms with Gasteiger partial charge in [-0.1, -0.05) is 20.8 Å². The molecule has 4 aliphatic rings. The molecule has 2 aliphatic carbocycles. The minimum atomic E-state index is -0.000241. The Hall–Kier alpha value is -1.10. The zero-order chi connectivity index (χ0) is 17.8. The maximum absolute atomic E-state index is 13.1. The topological polar surface area (TPSA) is 43.9 Å². The maximum atomic E-state index is 13.1. The van der Waals surface area contributed by atoms with Crippen molar-refractivity contribution in [1.29, 1.82) is 0 Å². The van der Waals surface area contributed by atoms with Crippen molar-refractivity contribution >= 4 is 11.8 Å². The van der Waals surface area contributed by atoms with Crippen LogP contribution in [0.2, 0.25) is 0 Å². The van der Waals surface area contributed by atoms with E-state index >= 15 is 0 Å².